The van der Waals surface area contributed by atoms with Crippen molar-refractivity contribution < 1.29 is 9.15 Å². The van der Waals surface area contributed by atoms with E-state index in [1.165, 1.54) is 0 Å². The lowest BCUT2D eigenvalue weighted by atomic mass is 10.1. The van der Waals surface area contributed by atoms with Crippen LogP contribution in [-0.4, -0.2) is 21.6 Å². The number of hydrogen-bond acceptors (Lipinski definition) is 4. The van der Waals surface area contributed by atoms with E-state index in [0.717, 1.165) is 28.1 Å². The minimum atomic E-state index is -0.149. The average molecular weight is 434 g/mol. The summed E-state index contributed by atoms with van der Waals surface area (Å²) in [7, 11) is 0. The Kier molecular flexibility index (Phi) is 6.33. The van der Waals surface area contributed by atoms with Crippen LogP contribution < -0.4 is 15.6 Å². The van der Waals surface area contributed by atoms with Crippen LogP contribution in [0.1, 0.15) is 18.2 Å². The number of furan rings is 1. The number of aromatic nitrogens is 1. The molecule has 2 aromatic heterocycles. The molecule has 0 fully saturated rings. The van der Waals surface area contributed by atoms with Crippen LogP contribution >= 0.6 is 12.2 Å². The van der Waals surface area contributed by atoms with Gasteiger partial charge in [-0.25, -0.2) is 0 Å². The lowest BCUT2D eigenvalue weighted by Gasteiger charge is -2.25. The number of ether oxygens (including phenoxy) is 1. The molecule has 0 saturated carbocycles. The van der Waals surface area contributed by atoms with Crippen molar-refractivity contribution in [3.8, 4) is 5.75 Å². The Morgan fingerprint density at radius 3 is 2.68 bits per heavy atom. The van der Waals surface area contributed by atoms with Gasteiger partial charge >= 0.3 is 0 Å². The summed E-state index contributed by atoms with van der Waals surface area (Å²) in [6.45, 7) is 3.28. The molecule has 31 heavy (non-hydrogen) atoms. The van der Waals surface area contributed by atoms with E-state index in [1.807, 2.05) is 78.6 Å². The number of nitrogens with zero attached hydrogens (tertiary/aromatic N) is 1. The van der Waals surface area contributed by atoms with E-state index in [4.69, 9.17) is 21.4 Å². The van der Waals surface area contributed by atoms with Crippen LogP contribution in [0, 0.1) is 0 Å². The first-order valence-corrected chi connectivity index (χ1v) is 10.5. The van der Waals surface area contributed by atoms with Gasteiger partial charge in [0.25, 0.3) is 5.56 Å². The molecule has 6 nitrogen and oxygen atoms in total. The van der Waals surface area contributed by atoms with Gasteiger partial charge in [-0.2, -0.15) is 0 Å². The lowest BCUT2D eigenvalue weighted by molar-refractivity contribution is 0.340. The summed E-state index contributed by atoms with van der Waals surface area (Å²) >= 11 is 5.67. The van der Waals surface area contributed by atoms with Crippen molar-refractivity contribution in [3.63, 3.8) is 0 Å². The third-order valence-electron chi connectivity index (χ3n) is 4.80. The molecule has 2 heterocycles. The van der Waals surface area contributed by atoms with Crippen molar-refractivity contribution in [1.82, 2.24) is 9.88 Å². The summed E-state index contributed by atoms with van der Waals surface area (Å²) in [6, 6.07) is 20.9. The van der Waals surface area contributed by atoms with E-state index >= 15 is 0 Å². The second-order valence-electron chi connectivity index (χ2n) is 7.04. The zero-order valence-corrected chi connectivity index (χ0v) is 17.9. The number of pyridine rings is 1. The van der Waals surface area contributed by atoms with Crippen LogP contribution in [-0.2, 0) is 13.1 Å². The van der Waals surface area contributed by atoms with Gasteiger partial charge in [0.15, 0.2) is 5.11 Å². The number of rotatable bonds is 7. The predicted molar refractivity (Wildman–Crippen MR) is 126 cm³/mol. The molecule has 2 N–H and O–H groups in total. The van der Waals surface area contributed by atoms with Crippen molar-refractivity contribution in [3.05, 3.63) is 94.7 Å². The summed E-state index contributed by atoms with van der Waals surface area (Å²) in [4.78, 5) is 17.6. The normalized spacial score (nSPS) is 10.7. The number of fused-ring (bicyclic) bond motifs is 1. The van der Waals surface area contributed by atoms with Crippen molar-refractivity contribution in [2.45, 2.75) is 20.0 Å². The van der Waals surface area contributed by atoms with Gasteiger partial charge in [-0.3, -0.25) is 4.79 Å². The van der Waals surface area contributed by atoms with Crippen molar-refractivity contribution in [1.29, 1.82) is 0 Å². The zero-order valence-electron chi connectivity index (χ0n) is 17.1. The van der Waals surface area contributed by atoms with E-state index in [9.17, 15) is 4.79 Å². The third-order valence-corrected chi connectivity index (χ3v) is 5.16. The number of H-pyrrole nitrogens is 1. The first kappa shape index (κ1) is 20.7. The Balaban J connectivity index is 1.63. The fourth-order valence-electron chi connectivity index (χ4n) is 3.32. The molecule has 0 atom stereocenters. The van der Waals surface area contributed by atoms with E-state index in [2.05, 4.69) is 10.3 Å². The second kappa shape index (κ2) is 9.49. The lowest BCUT2D eigenvalue weighted by Crippen LogP contribution is -2.35. The quantitative estimate of drug-likeness (QED) is 0.403. The van der Waals surface area contributed by atoms with E-state index in [1.54, 1.807) is 6.26 Å². The molecule has 0 radical (unpaired) electrons. The molecule has 7 heteroatoms. The van der Waals surface area contributed by atoms with Gasteiger partial charge < -0.3 is 24.4 Å². The zero-order chi connectivity index (χ0) is 21.6. The number of nitrogens with one attached hydrogen (secondary N) is 2. The summed E-state index contributed by atoms with van der Waals surface area (Å²) in [5.41, 5.74) is 2.10. The molecule has 0 unspecified atom stereocenters. The third kappa shape index (κ3) is 5.13. The molecule has 0 aliphatic rings. The Hall–Kier alpha value is -3.58. The highest BCUT2D eigenvalue weighted by molar-refractivity contribution is 7.80. The monoisotopic (exact) mass is 433 g/mol. The minimum absolute atomic E-state index is 0.149. The molecule has 2 aromatic carbocycles. The highest BCUT2D eigenvalue weighted by Crippen LogP contribution is 2.20. The minimum Gasteiger partial charge on any atom is -0.494 e. The second-order valence-corrected chi connectivity index (χ2v) is 7.42. The maximum atomic E-state index is 12.8. The van der Waals surface area contributed by atoms with Crippen LogP contribution in [0.4, 0.5) is 5.69 Å². The molecule has 4 aromatic rings. The van der Waals surface area contributed by atoms with Crippen molar-refractivity contribution >= 4 is 33.9 Å². The number of para-hydroxylation sites is 1. The Labute approximate surface area is 185 Å². The molecular weight excluding hydrogens is 410 g/mol. The fraction of sp³-hybridized carbons (Fsp3) is 0.167. The molecule has 0 saturated heterocycles. The topological polar surface area (TPSA) is 70.5 Å². The van der Waals surface area contributed by atoms with E-state index < -0.39 is 0 Å². The fourth-order valence-corrected chi connectivity index (χ4v) is 3.57. The van der Waals surface area contributed by atoms with Gasteiger partial charge in [0.1, 0.15) is 11.5 Å². The molecule has 0 spiro atoms. The smallest absolute Gasteiger partial charge is 0.253 e. The molecule has 0 amide bonds. The number of aromatic amines is 1. The molecule has 0 aliphatic carbocycles. The van der Waals surface area contributed by atoms with Gasteiger partial charge in [-0.1, -0.05) is 18.2 Å². The largest absolute Gasteiger partial charge is 0.494 e. The summed E-state index contributed by atoms with van der Waals surface area (Å²) < 4.78 is 11.1. The van der Waals surface area contributed by atoms with Crippen molar-refractivity contribution in [2.75, 3.05) is 11.9 Å². The maximum Gasteiger partial charge on any atom is 0.253 e. The number of thiocarbonyl (C=S) groups is 1. The first-order valence-electron chi connectivity index (χ1n) is 10.0. The summed E-state index contributed by atoms with van der Waals surface area (Å²) in [5, 5.41) is 4.65. The van der Waals surface area contributed by atoms with Gasteiger partial charge in [0.05, 0.1) is 26.0 Å². The van der Waals surface area contributed by atoms with Crippen LogP contribution in [0.25, 0.3) is 10.9 Å². The first-order chi connectivity index (χ1) is 15.1. The van der Waals surface area contributed by atoms with Gasteiger partial charge in [0.2, 0.25) is 0 Å². The number of hydrogen-bond donors (Lipinski definition) is 2. The van der Waals surface area contributed by atoms with Crippen LogP contribution in [0.15, 0.2) is 82.2 Å². The van der Waals surface area contributed by atoms with Gasteiger partial charge in [-0.05, 0) is 67.7 Å². The summed E-state index contributed by atoms with van der Waals surface area (Å²) in [5.74, 6) is 1.52. The van der Waals surface area contributed by atoms with Crippen LogP contribution in [0.5, 0.6) is 5.75 Å². The number of benzene rings is 2. The summed E-state index contributed by atoms with van der Waals surface area (Å²) in [6.07, 6.45) is 1.62. The molecular formula is C24H23N3O3S. The average Bonchev–Trinajstić information content (AvgIpc) is 3.28. The van der Waals surface area contributed by atoms with E-state index in [-0.39, 0.29) is 5.56 Å². The van der Waals surface area contributed by atoms with Crippen molar-refractivity contribution in [2.24, 2.45) is 0 Å². The standard InChI is InChI=1S/C24H23N3O3S/c1-2-29-20-10-11-22-17(14-20)13-18(23(28)26-22)15-27(16-21-9-6-12-30-21)24(31)25-19-7-4-3-5-8-19/h3-14H,2,15-16H2,1H3,(H,25,31)(H,26,28). The molecule has 0 bridgehead atoms. The van der Waals surface area contributed by atoms with Gasteiger partial charge in [-0.15, -0.1) is 0 Å². The van der Waals surface area contributed by atoms with Crippen LogP contribution in [0.3, 0.4) is 0 Å². The SMILES string of the molecule is CCOc1ccc2[nH]c(=O)c(CN(Cc3ccco3)C(=S)Nc3ccccc3)cc2c1. The van der Waals surface area contributed by atoms with E-state index in [0.29, 0.717) is 30.4 Å². The Morgan fingerprint density at radius 2 is 1.94 bits per heavy atom. The highest BCUT2D eigenvalue weighted by atomic mass is 32.1. The maximum absolute atomic E-state index is 12.8. The highest BCUT2D eigenvalue weighted by Gasteiger charge is 2.16. The Morgan fingerprint density at radius 1 is 1.10 bits per heavy atom. The number of anilines is 1. The Bertz CT molecular complexity index is 1220. The van der Waals surface area contributed by atoms with Gasteiger partial charge in [0, 0.05) is 22.2 Å². The predicted octanol–water partition coefficient (Wildman–Crippen LogP) is 4.92. The molecule has 158 valence electrons. The molecule has 4 rings (SSSR count). The molecule has 0 aliphatic heterocycles. The van der Waals surface area contributed by atoms with Crippen LogP contribution in [0.2, 0.25) is 0 Å².